The lowest BCUT2D eigenvalue weighted by Gasteiger charge is -2.04. The maximum absolute atomic E-state index is 12.1. The third-order valence-electron chi connectivity index (χ3n) is 2.84. The number of carbonyl (C=O) groups is 1. The predicted molar refractivity (Wildman–Crippen MR) is 82.8 cm³/mol. The predicted octanol–water partition coefficient (Wildman–Crippen LogP) is 3.08. The zero-order valence-corrected chi connectivity index (χ0v) is 13.1. The van der Waals surface area contributed by atoms with Crippen molar-refractivity contribution in [2.45, 2.75) is 13.5 Å². The molecule has 0 aliphatic rings. The topological polar surface area (TPSA) is 80.9 Å². The van der Waals surface area contributed by atoms with Gasteiger partial charge in [-0.15, -0.1) is 11.3 Å². The first-order valence-corrected chi connectivity index (χ1v) is 7.67. The molecular formula is C14H11ClN4O2S. The van der Waals surface area contributed by atoms with Crippen molar-refractivity contribution in [2.24, 2.45) is 0 Å². The number of rotatable bonds is 4. The van der Waals surface area contributed by atoms with Crippen LogP contribution in [0.4, 0.5) is 0 Å². The molecule has 1 amide bonds. The van der Waals surface area contributed by atoms with Gasteiger partial charge in [0.2, 0.25) is 0 Å². The minimum absolute atomic E-state index is 0.271. The molecule has 3 aromatic rings. The van der Waals surface area contributed by atoms with E-state index in [1.165, 1.54) is 11.3 Å². The van der Waals surface area contributed by atoms with Crippen LogP contribution in [0.25, 0.3) is 11.6 Å². The van der Waals surface area contributed by atoms with Gasteiger partial charge in [-0.05, 0) is 18.6 Å². The van der Waals surface area contributed by atoms with E-state index in [2.05, 4.69) is 20.4 Å². The van der Waals surface area contributed by atoms with Gasteiger partial charge in [0.15, 0.2) is 10.8 Å². The van der Waals surface area contributed by atoms with E-state index in [1.807, 2.05) is 18.2 Å². The fourth-order valence-corrected chi connectivity index (χ4v) is 2.68. The zero-order chi connectivity index (χ0) is 15.5. The minimum atomic E-state index is -0.271. The standard InChI is InChI=1S/C14H11ClN4O2S/c1-8-17-13(21-19-8)11-7-22-14(18-11)12(20)16-6-9-4-2-3-5-10(9)15/h2-5,7H,6H2,1H3,(H,16,20). The molecule has 0 aliphatic carbocycles. The molecule has 0 atom stereocenters. The summed E-state index contributed by atoms with van der Waals surface area (Å²) in [5.41, 5.74) is 1.34. The average Bonchev–Trinajstić information content (AvgIpc) is 3.15. The summed E-state index contributed by atoms with van der Waals surface area (Å²) < 4.78 is 5.02. The number of aromatic nitrogens is 3. The molecule has 0 spiro atoms. The molecular weight excluding hydrogens is 324 g/mol. The molecule has 6 nitrogen and oxygen atoms in total. The molecule has 0 unspecified atom stereocenters. The molecule has 0 bridgehead atoms. The zero-order valence-electron chi connectivity index (χ0n) is 11.5. The minimum Gasteiger partial charge on any atom is -0.346 e. The number of aryl methyl sites for hydroxylation is 1. The maximum atomic E-state index is 12.1. The normalized spacial score (nSPS) is 10.6. The van der Waals surface area contributed by atoms with Gasteiger partial charge in [0.25, 0.3) is 11.8 Å². The molecule has 1 aromatic carbocycles. The van der Waals surface area contributed by atoms with Crippen LogP contribution in [-0.4, -0.2) is 21.0 Å². The van der Waals surface area contributed by atoms with Gasteiger partial charge in [-0.3, -0.25) is 4.79 Å². The Bertz CT molecular complexity index is 815. The molecule has 0 fully saturated rings. The number of nitrogens with zero attached hydrogens (tertiary/aromatic N) is 3. The Morgan fingerprint density at radius 3 is 2.91 bits per heavy atom. The number of benzene rings is 1. The van der Waals surface area contributed by atoms with E-state index >= 15 is 0 Å². The van der Waals surface area contributed by atoms with Crippen molar-refractivity contribution in [3.63, 3.8) is 0 Å². The van der Waals surface area contributed by atoms with Crippen LogP contribution in [-0.2, 0) is 6.54 Å². The van der Waals surface area contributed by atoms with Gasteiger partial charge in [-0.1, -0.05) is 35.0 Å². The number of thiazole rings is 1. The molecule has 2 heterocycles. The van der Waals surface area contributed by atoms with E-state index in [1.54, 1.807) is 18.4 Å². The van der Waals surface area contributed by atoms with E-state index in [0.29, 0.717) is 34.0 Å². The highest BCUT2D eigenvalue weighted by Gasteiger charge is 2.15. The summed E-state index contributed by atoms with van der Waals surface area (Å²) in [6.07, 6.45) is 0. The first-order valence-electron chi connectivity index (χ1n) is 6.41. The molecule has 22 heavy (non-hydrogen) atoms. The van der Waals surface area contributed by atoms with Gasteiger partial charge in [0.1, 0.15) is 5.69 Å². The van der Waals surface area contributed by atoms with E-state index in [0.717, 1.165) is 5.56 Å². The van der Waals surface area contributed by atoms with Crippen LogP contribution in [0.2, 0.25) is 5.02 Å². The summed E-state index contributed by atoms with van der Waals surface area (Å²) in [5, 5.41) is 9.13. The lowest BCUT2D eigenvalue weighted by atomic mass is 10.2. The number of nitrogens with one attached hydrogen (secondary N) is 1. The fraction of sp³-hybridized carbons (Fsp3) is 0.143. The van der Waals surface area contributed by atoms with Gasteiger partial charge in [0.05, 0.1) is 0 Å². The third kappa shape index (κ3) is 3.15. The van der Waals surface area contributed by atoms with E-state index in [4.69, 9.17) is 16.1 Å². The van der Waals surface area contributed by atoms with Crippen LogP contribution in [0.1, 0.15) is 21.2 Å². The lowest BCUT2D eigenvalue weighted by molar-refractivity contribution is 0.0950. The molecule has 0 aliphatic heterocycles. The Morgan fingerprint density at radius 1 is 1.36 bits per heavy atom. The van der Waals surface area contributed by atoms with Crippen LogP contribution in [0, 0.1) is 6.92 Å². The van der Waals surface area contributed by atoms with Crippen LogP contribution < -0.4 is 5.32 Å². The molecule has 1 N–H and O–H groups in total. The summed E-state index contributed by atoms with van der Waals surface area (Å²) in [6, 6.07) is 7.35. The highest BCUT2D eigenvalue weighted by molar-refractivity contribution is 7.12. The Morgan fingerprint density at radius 2 is 2.18 bits per heavy atom. The highest BCUT2D eigenvalue weighted by Crippen LogP contribution is 2.20. The molecule has 3 rings (SSSR count). The Kier molecular flexibility index (Phi) is 4.17. The Balaban J connectivity index is 1.68. The van der Waals surface area contributed by atoms with Gasteiger partial charge in [-0.2, -0.15) is 4.98 Å². The number of hydrogen-bond acceptors (Lipinski definition) is 6. The first kappa shape index (κ1) is 14.7. The van der Waals surface area contributed by atoms with E-state index in [9.17, 15) is 4.79 Å². The maximum Gasteiger partial charge on any atom is 0.280 e. The quantitative estimate of drug-likeness (QED) is 0.793. The Labute approximate surface area is 135 Å². The van der Waals surface area contributed by atoms with Gasteiger partial charge < -0.3 is 9.84 Å². The highest BCUT2D eigenvalue weighted by atomic mass is 35.5. The van der Waals surface area contributed by atoms with Crippen LogP contribution >= 0.6 is 22.9 Å². The van der Waals surface area contributed by atoms with Gasteiger partial charge >= 0.3 is 0 Å². The molecule has 2 aromatic heterocycles. The van der Waals surface area contributed by atoms with Crippen molar-refractivity contribution < 1.29 is 9.32 Å². The van der Waals surface area contributed by atoms with Crippen molar-refractivity contribution in [1.82, 2.24) is 20.4 Å². The van der Waals surface area contributed by atoms with Crippen molar-refractivity contribution >= 4 is 28.8 Å². The monoisotopic (exact) mass is 334 g/mol. The third-order valence-corrected chi connectivity index (χ3v) is 4.05. The first-order chi connectivity index (χ1) is 10.6. The molecule has 112 valence electrons. The second-order valence-corrected chi connectivity index (χ2v) is 5.72. The largest absolute Gasteiger partial charge is 0.346 e. The second kappa shape index (κ2) is 6.25. The number of halogens is 1. The fourth-order valence-electron chi connectivity index (χ4n) is 1.77. The van der Waals surface area contributed by atoms with Crippen molar-refractivity contribution in [1.29, 1.82) is 0 Å². The van der Waals surface area contributed by atoms with Gasteiger partial charge in [0, 0.05) is 16.9 Å². The summed E-state index contributed by atoms with van der Waals surface area (Å²) in [7, 11) is 0. The SMILES string of the molecule is Cc1noc(-c2csc(C(=O)NCc3ccccc3Cl)n2)n1. The van der Waals surface area contributed by atoms with Crippen LogP contribution in [0.5, 0.6) is 0 Å². The summed E-state index contributed by atoms with van der Waals surface area (Å²) in [6.45, 7) is 2.06. The smallest absolute Gasteiger partial charge is 0.280 e. The van der Waals surface area contributed by atoms with Gasteiger partial charge in [-0.25, -0.2) is 4.98 Å². The molecule has 0 saturated carbocycles. The second-order valence-electron chi connectivity index (χ2n) is 4.46. The van der Waals surface area contributed by atoms with Crippen molar-refractivity contribution in [2.75, 3.05) is 0 Å². The van der Waals surface area contributed by atoms with Crippen LogP contribution in [0.15, 0.2) is 34.2 Å². The molecule has 0 saturated heterocycles. The summed E-state index contributed by atoms with van der Waals surface area (Å²) in [5.74, 6) is 0.555. The molecule has 0 radical (unpaired) electrons. The number of amides is 1. The average molecular weight is 335 g/mol. The van der Waals surface area contributed by atoms with Crippen molar-refractivity contribution in [3.05, 3.63) is 51.1 Å². The summed E-state index contributed by atoms with van der Waals surface area (Å²) in [4.78, 5) is 20.4. The van der Waals surface area contributed by atoms with E-state index in [-0.39, 0.29) is 5.91 Å². The summed E-state index contributed by atoms with van der Waals surface area (Å²) >= 11 is 7.27. The van der Waals surface area contributed by atoms with Crippen LogP contribution in [0.3, 0.4) is 0 Å². The Hall–Kier alpha value is -2.25. The van der Waals surface area contributed by atoms with E-state index < -0.39 is 0 Å². The number of hydrogen-bond donors (Lipinski definition) is 1. The lowest BCUT2D eigenvalue weighted by Crippen LogP contribution is -2.22. The number of carbonyl (C=O) groups excluding carboxylic acids is 1. The van der Waals surface area contributed by atoms with Crippen molar-refractivity contribution in [3.8, 4) is 11.6 Å². The molecule has 8 heteroatoms.